The smallest absolute Gasteiger partial charge is 0.341 e. The topological polar surface area (TPSA) is 59.8 Å². The standard InChI is InChI=1S/C20H24N2O3S2/c1-2-25-20(24)18-14(13-7-8-13)12-27-19(18)21-17(23)11-22-9-3-5-15(22)16-6-4-10-26-16/h4,6,10,12-13,15H,2-3,5,7-9,11H2,1H3,(H,21,23)/p+1/t15-/m1/s1. The Hall–Kier alpha value is -1.70. The molecule has 2 aromatic rings. The van der Waals surface area contributed by atoms with Crippen molar-refractivity contribution < 1.29 is 19.2 Å². The molecule has 2 aromatic heterocycles. The molecule has 1 amide bonds. The van der Waals surface area contributed by atoms with Crippen molar-refractivity contribution >= 4 is 39.6 Å². The predicted molar refractivity (Wildman–Crippen MR) is 108 cm³/mol. The quantitative estimate of drug-likeness (QED) is 0.696. The monoisotopic (exact) mass is 405 g/mol. The zero-order chi connectivity index (χ0) is 18.8. The number of likely N-dealkylation sites (tertiary alicyclic amines) is 1. The number of carbonyl (C=O) groups is 2. The van der Waals surface area contributed by atoms with Gasteiger partial charge in [-0.05, 0) is 48.1 Å². The maximum atomic E-state index is 12.7. The molecule has 144 valence electrons. The van der Waals surface area contributed by atoms with E-state index in [2.05, 4.69) is 22.8 Å². The zero-order valence-electron chi connectivity index (χ0n) is 15.5. The number of nitrogens with one attached hydrogen (secondary N) is 2. The van der Waals surface area contributed by atoms with Gasteiger partial charge in [0, 0.05) is 12.8 Å². The Morgan fingerprint density at radius 3 is 2.85 bits per heavy atom. The van der Waals surface area contributed by atoms with Crippen LogP contribution >= 0.6 is 22.7 Å². The number of rotatable bonds is 7. The minimum absolute atomic E-state index is 0.0248. The molecule has 2 aliphatic rings. The van der Waals surface area contributed by atoms with Crippen LogP contribution in [0.4, 0.5) is 5.00 Å². The van der Waals surface area contributed by atoms with Gasteiger partial charge in [-0.3, -0.25) is 4.79 Å². The first-order chi connectivity index (χ1) is 13.2. The summed E-state index contributed by atoms with van der Waals surface area (Å²) in [6, 6.07) is 4.65. The lowest BCUT2D eigenvalue weighted by Crippen LogP contribution is -3.11. The van der Waals surface area contributed by atoms with Gasteiger partial charge < -0.3 is 15.0 Å². The summed E-state index contributed by atoms with van der Waals surface area (Å²) in [5.74, 6) is 0.0999. The van der Waals surface area contributed by atoms with Gasteiger partial charge in [0.1, 0.15) is 11.0 Å². The van der Waals surface area contributed by atoms with Gasteiger partial charge in [0.2, 0.25) is 0 Å². The molecule has 1 unspecified atom stereocenters. The second-order valence-electron chi connectivity index (χ2n) is 7.23. The molecule has 27 heavy (non-hydrogen) atoms. The van der Waals surface area contributed by atoms with Crippen LogP contribution in [0.2, 0.25) is 0 Å². The number of amides is 1. The highest BCUT2D eigenvalue weighted by molar-refractivity contribution is 7.15. The number of carbonyl (C=O) groups excluding carboxylic acids is 2. The average molecular weight is 406 g/mol. The third kappa shape index (κ3) is 4.10. The second-order valence-corrected chi connectivity index (χ2v) is 9.09. The number of esters is 1. The van der Waals surface area contributed by atoms with Gasteiger partial charge in [0.05, 0.1) is 23.6 Å². The van der Waals surface area contributed by atoms with E-state index in [4.69, 9.17) is 4.74 Å². The molecule has 1 aliphatic carbocycles. The summed E-state index contributed by atoms with van der Waals surface area (Å²) < 4.78 is 5.24. The van der Waals surface area contributed by atoms with Gasteiger partial charge in [-0.2, -0.15) is 0 Å². The molecule has 2 N–H and O–H groups in total. The SMILES string of the molecule is CCOC(=O)c1c(C2CC2)csc1NC(=O)C[NH+]1CCC[C@@H]1c1cccs1. The van der Waals surface area contributed by atoms with E-state index in [1.54, 1.807) is 18.3 Å². The molecule has 2 fully saturated rings. The third-order valence-electron chi connectivity index (χ3n) is 5.33. The van der Waals surface area contributed by atoms with Crippen LogP contribution in [0.3, 0.4) is 0 Å². The lowest BCUT2D eigenvalue weighted by Gasteiger charge is -2.20. The van der Waals surface area contributed by atoms with E-state index in [1.165, 1.54) is 21.1 Å². The average Bonchev–Trinajstić information content (AvgIpc) is 3.03. The van der Waals surface area contributed by atoms with Crippen LogP contribution in [0.5, 0.6) is 0 Å². The van der Waals surface area contributed by atoms with Crippen molar-refractivity contribution in [2.24, 2.45) is 0 Å². The molecule has 1 saturated heterocycles. The number of quaternary nitrogens is 1. The third-order valence-corrected chi connectivity index (χ3v) is 7.23. The van der Waals surface area contributed by atoms with Gasteiger partial charge in [-0.1, -0.05) is 6.07 Å². The van der Waals surface area contributed by atoms with E-state index in [0.717, 1.165) is 37.8 Å². The zero-order valence-corrected chi connectivity index (χ0v) is 17.1. The van der Waals surface area contributed by atoms with E-state index in [-0.39, 0.29) is 11.9 Å². The Bertz CT molecular complexity index is 811. The highest BCUT2D eigenvalue weighted by atomic mass is 32.1. The summed E-state index contributed by atoms with van der Waals surface area (Å²) in [7, 11) is 0. The number of thiophene rings is 2. The molecule has 7 heteroatoms. The Balaban J connectivity index is 1.46. The minimum atomic E-state index is -0.319. The Kier molecular flexibility index (Phi) is 5.61. The van der Waals surface area contributed by atoms with Gasteiger partial charge >= 0.3 is 5.97 Å². The maximum absolute atomic E-state index is 12.7. The fraction of sp³-hybridized carbons (Fsp3) is 0.500. The van der Waals surface area contributed by atoms with Crippen LogP contribution in [-0.4, -0.2) is 31.6 Å². The number of anilines is 1. The lowest BCUT2D eigenvalue weighted by molar-refractivity contribution is -0.910. The van der Waals surface area contributed by atoms with Gasteiger partial charge in [-0.25, -0.2) is 4.79 Å². The van der Waals surface area contributed by atoms with Crippen molar-refractivity contribution in [3.8, 4) is 0 Å². The number of hydrogen-bond acceptors (Lipinski definition) is 5. The van der Waals surface area contributed by atoms with E-state index in [9.17, 15) is 9.59 Å². The highest BCUT2D eigenvalue weighted by Crippen LogP contribution is 2.46. The van der Waals surface area contributed by atoms with E-state index in [0.29, 0.717) is 35.7 Å². The van der Waals surface area contributed by atoms with Crippen molar-refractivity contribution in [1.29, 1.82) is 0 Å². The van der Waals surface area contributed by atoms with Gasteiger partial charge in [-0.15, -0.1) is 22.7 Å². The van der Waals surface area contributed by atoms with Crippen LogP contribution < -0.4 is 10.2 Å². The number of ether oxygens (including phenoxy) is 1. The molecular weight excluding hydrogens is 380 g/mol. The molecule has 0 bridgehead atoms. The molecule has 1 saturated carbocycles. The van der Waals surface area contributed by atoms with Gasteiger partial charge in [0.15, 0.2) is 6.54 Å². The fourth-order valence-electron chi connectivity index (χ4n) is 3.91. The maximum Gasteiger partial charge on any atom is 0.341 e. The van der Waals surface area contributed by atoms with Crippen LogP contribution in [-0.2, 0) is 9.53 Å². The summed E-state index contributed by atoms with van der Waals surface area (Å²) in [6.45, 7) is 3.59. The molecule has 4 rings (SSSR count). The summed E-state index contributed by atoms with van der Waals surface area (Å²) >= 11 is 3.21. The minimum Gasteiger partial charge on any atom is -0.462 e. The van der Waals surface area contributed by atoms with E-state index >= 15 is 0 Å². The largest absolute Gasteiger partial charge is 0.462 e. The molecule has 0 aromatic carbocycles. The first-order valence-corrected chi connectivity index (χ1v) is 11.4. The van der Waals surface area contributed by atoms with Crippen molar-refractivity contribution in [2.45, 2.75) is 44.6 Å². The Labute approximate surface area is 167 Å². The predicted octanol–water partition coefficient (Wildman–Crippen LogP) is 3.22. The summed E-state index contributed by atoms with van der Waals surface area (Å²) in [6.07, 6.45) is 4.49. The molecule has 2 atom stereocenters. The summed E-state index contributed by atoms with van der Waals surface area (Å²) in [4.78, 5) is 27.8. The van der Waals surface area contributed by atoms with Gasteiger partial charge in [0.25, 0.3) is 5.91 Å². The molecular formula is C20H25N2O3S2+. The molecule has 0 spiro atoms. The summed E-state index contributed by atoms with van der Waals surface area (Å²) in [5, 5.41) is 7.76. The van der Waals surface area contributed by atoms with Crippen LogP contribution in [0, 0.1) is 0 Å². The lowest BCUT2D eigenvalue weighted by atomic mass is 10.1. The molecule has 3 heterocycles. The fourth-order valence-corrected chi connectivity index (χ4v) is 5.87. The van der Waals surface area contributed by atoms with E-state index in [1.807, 2.05) is 5.38 Å². The Morgan fingerprint density at radius 2 is 2.15 bits per heavy atom. The first kappa shape index (κ1) is 18.7. The second kappa shape index (κ2) is 8.12. The van der Waals surface area contributed by atoms with Crippen LogP contribution in [0.1, 0.15) is 65.4 Å². The first-order valence-electron chi connectivity index (χ1n) is 9.63. The van der Waals surface area contributed by atoms with Crippen molar-refractivity contribution in [3.63, 3.8) is 0 Å². The number of hydrogen-bond donors (Lipinski definition) is 2. The molecule has 5 nitrogen and oxygen atoms in total. The highest BCUT2D eigenvalue weighted by Gasteiger charge is 2.34. The van der Waals surface area contributed by atoms with Crippen molar-refractivity contribution in [2.75, 3.05) is 25.0 Å². The molecule has 0 radical (unpaired) electrons. The molecule has 1 aliphatic heterocycles. The van der Waals surface area contributed by atoms with Crippen LogP contribution in [0.25, 0.3) is 0 Å². The Morgan fingerprint density at radius 1 is 1.30 bits per heavy atom. The normalized spacial score (nSPS) is 22.0. The van der Waals surface area contributed by atoms with Crippen LogP contribution in [0.15, 0.2) is 22.9 Å². The van der Waals surface area contributed by atoms with Crippen molar-refractivity contribution in [3.05, 3.63) is 38.9 Å². The summed E-state index contributed by atoms with van der Waals surface area (Å²) in [5.41, 5.74) is 1.61. The van der Waals surface area contributed by atoms with E-state index < -0.39 is 0 Å². The van der Waals surface area contributed by atoms with Crippen molar-refractivity contribution in [1.82, 2.24) is 0 Å².